The number of fused-ring (bicyclic) bond motifs is 1. The minimum absolute atomic E-state index is 0.0389. The Bertz CT molecular complexity index is 962. The number of aryl methyl sites for hydroxylation is 1. The Hall–Kier alpha value is -3.25. The molecule has 0 bridgehead atoms. The molecule has 1 amide bonds. The van der Waals surface area contributed by atoms with Gasteiger partial charge < -0.3 is 19.9 Å². The number of anilines is 1. The molecule has 0 saturated heterocycles. The van der Waals surface area contributed by atoms with Gasteiger partial charge in [-0.2, -0.15) is 5.26 Å². The highest BCUT2D eigenvalue weighted by molar-refractivity contribution is 5.91. The number of nitrogens with one attached hydrogen (secondary N) is 2. The number of amides is 1. The number of halogens is 1. The summed E-state index contributed by atoms with van der Waals surface area (Å²) in [5, 5.41) is 31.0. The summed E-state index contributed by atoms with van der Waals surface area (Å²) in [6.45, 7) is 0.827. The fourth-order valence-corrected chi connectivity index (χ4v) is 3.40. The lowest BCUT2D eigenvalue weighted by Gasteiger charge is -2.14. The molecular weight excluding hydrogens is 375 g/mol. The van der Waals surface area contributed by atoms with Crippen LogP contribution in [0.15, 0.2) is 30.0 Å². The molecule has 0 radical (unpaired) electrons. The first-order valence-electron chi connectivity index (χ1n) is 9.59. The van der Waals surface area contributed by atoms with Crippen molar-refractivity contribution in [2.24, 2.45) is 0 Å². The van der Waals surface area contributed by atoms with Crippen LogP contribution in [0.25, 0.3) is 5.57 Å². The highest BCUT2D eigenvalue weighted by Gasteiger charge is 2.22. The van der Waals surface area contributed by atoms with Crippen molar-refractivity contribution in [3.05, 3.63) is 47.5 Å². The van der Waals surface area contributed by atoms with E-state index in [9.17, 15) is 19.6 Å². The average Bonchev–Trinajstić information content (AvgIpc) is 2.90. The second kappa shape index (κ2) is 9.30. The lowest BCUT2D eigenvalue weighted by atomic mass is 10.2. The van der Waals surface area contributed by atoms with Crippen LogP contribution in [0.5, 0.6) is 0 Å². The standard InChI is InChI=1S/C20H23FN6O2/c1-26(13-19(29)23-15-7-5-6-14(21)10-15)12-17(28)16(11-22)20-25-24-18-8-3-2-4-9-27(18)20/h5-7,10,28H,2-4,8-9,12-13H2,1H3,(H,23,29)/p+1/b17-16-. The van der Waals surface area contributed by atoms with E-state index in [1.54, 1.807) is 13.1 Å². The second-order valence-corrected chi connectivity index (χ2v) is 7.20. The van der Waals surface area contributed by atoms with Gasteiger partial charge in [0.25, 0.3) is 5.91 Å². The van der Waals surface area contributed by atoms with Crippen LogP contribution in [-0.4, -0.2) is 45.9 Å². The van der Waals surface area contributed by atoms with Gasteiger partial charge in [-0.05, 0) is 31.0 Å². The molecule has 0 fully saturated rings. The van der Waals surface area contributed by atoms with Gasteiger partial charge in [0.1, 0.15) is 29.8 Å². The molecule has 1 aromatic carbocycles. The molecule has 1 aromatic heterocycles. The summed E-state index contributed by atoms with van der Waals surface area (Å²) in [6, 6.07) is 7.66. The van der Waals surface area contributed by atoms with Gasteiger partial charge in [0.15, 0.2) is 18.1 Å². The van der Waals surface area contributed by atoms with Crippen molar-refractivity contribution in [2.75, 3.05) is 25.5 Å². The van der Waals surface area contributed by atoms with Crippen LogP contribution < -0.4 is 10.2 Å². The van der Waals surface area contributed by atoms with Crippen LogP contribution in [0.4, 0.5) is 10.1 Å². The van der Waals surface area contributed by atoms with Crippen molar-refractivity contribution in [2.45, 2.75) is 32.2 Å². The maximum atomic E-state index is 13.2. The van der Waals surface area contributed by atoms with Crippen LogP contribution in [0.2, 0.25) is 0 Å². The lowest BCUT2D eigenvalue weighted by molar-refractivity contribution is -0.867. The molecule has 3 rings (SSSR count). The van der Waals surface area contributed by atoms with E-state index in [-0.39, 0.29) is 30.3 Å². The Morgan fingerprint density at radius 2 is 2.17 bits per heavy atom. The number of hydrogen-bond donors (Lipinski definition) is 3. The van der Waals surface area contributed by atoms with Crippen LogP contribution in [0, 0.1) is 17.1 Å². The zero-order valence-corrected chi connectivity index (χ0v) is 16.3. The number of allylic oxidation sites excluding steroid dienone is 1. The number of aliphatic hydroxyl groups excluding tert-OH is 1. The van der Waals surface area contributed by atoms with Crippen molar-refractivity contribution in [1.82, 2.24) is 14.8 Å². The third-order valence-corrected chi connectivity index (χ3v) is 4.77. The molecule has 8 nitrogen and oxygen atoms in total. The molecule has 2 heterocycles. The van der Waals surface area contributed by atoms with Crippen molar-refractivity contribution in [1.29, 1.82) is 5.26 Å². The highest BCUT2D eigenvalue weighted by atomic mass is 19.1. The number of nitrogens with zero attached hydrogens (tertiary/aromatic N) is 4. The first kappa shape index (κ1) is 20.5. The number of carbonyl (C=O) groups excluding carboxylic acids is 1. The molecule has 0 spiro atoms. The molecule has 1 atom stereocenters. The molecule has 1 aliphatic rings. The van der Waals surface area contributed by atoms with Gasteiger partial charge >= 0.3 is 0 Å². The van der Waals surface area contributed by atoms with Gasteiger partial charge in [0.05, 0.1) is 7.05 Å². The number of hydrogen-bond acceptors (Lipinski definition) is 5. The maximum absolute atomic E-state index is 13.2. The van der Waals surface area contributed by atoms with E-state index in [2.05, 4.69) is 15.5 Å². The van der Waals surface area contributed by atoms with E-state index < -0.39 is 5.82 Å². The zero-order chi connectivity index (χ0) is 20.8. The van der Waals surface area contributed by atoms with Crippen molar-refractivity contribution < 1.29 is 19.2 Å². The molecule has 3 N–H and O–H groups in total. The van der Waals surface area contributed by atoms with Gasteiger partial charge in [0, 0.05) is 18.7 Å². The van der Waals surface area contributed by atoms with Crippen molar-refractivity contribution >= 4 is 17.2 Å². The largest absolute Gasteiger partial charge is 0.506 e. The highest BCUT2D eigenvalue weighted by Crippen LogP contribution is 2.20. The summed E-state index contributed by atoms with van der Waals surface area (Å²) < 4.78 is 15.1. The first-order valence-corrected chi connectivity index (χ1v) is 9.59. The number of carbonyl (C=O) groups is 1. The van der Waals surface area contributed by atoms with E-state index in [1.165, 1.54) is 18.2 Å². The average molecular weight is 399 g/mol. The number of rotatable bonds is 6. The number of benzene rings is 1. The second-order valence-electron chi connectivity index (χ2n) is 7.20. The van der Waals surface area contributed by atoms with E-state index in [1.807, 2.05) is 10.6 Å². The summed E-state index contributed by atoms with van der Waals surface area (Å²) in [5.41, 5.74) is 0.446. The summed E-state index contributed by atoms with van der Waals surface area (Å²) >= 11 is 0. The number of aliphatic hydroxyl groups is 1. The van der Waals surface area contributed by atoms with Gasteiger partial charge in [0.2, 0.25) is 0 Å². The Morgan fingerprint density at radius 1 is 1.34 bits per heavy atom. The minimum atomic E-state index is -0.435. The first-order chi connectivity index (χ1) is 14.0. The number of nitriles is 1. The van der Waals surface area contributed by atoms with Crippen LogP contribution >= 0.6 is 0 Å². The molecule has 1 unspecified atom stereocenters. The minimum Gasteiger partial charge on any atom is -0.506 e. The molecule has 1 aliphatic heterocycles. The summed E-state index contributed by atoms with van der Waals surface area (Å²) in [6.07, 6.45) is 3.90. The van der Waals surface area contributed by atoms with E-state index >= 15 is 0 Å². The van der Waals surface area contributed by atoms with Gasteiger partial charge in [-0.15, -0.1) is 10.2 Å². The molecule has 152 valence electrons. The molecule has 0 aliphatic carbocycles. The molecular formula is C20H24FN6O2+. The van der Waals surface area contributed by atoms with E-state index in [4.69, 9.17) is 0 Å². The topological polar surface area (TPSA) is 108 Å². The monoisotopic (exact) mass is 399 g/mol. The number of likely N-dealkylation sites (N-methyl/N-ethyl adjacent to an activating group) is 1. The Kier molecular flexibility index (Phi) is 6.57. The zero-order valence-electron chi connectivity index (χ0n) is 16.3. The van der Waals surface area contributed by atoms with Gasteiger partial charge in [-0.25, -0.2) is 4.39 Å². The fraction of sp³-hybridized carbons (Fsp3) is 0.400. The molecule has 2 aromatic rings. The van der Waals surface area contributed by atoms with E-state index in [0.29, 0.717) is 16.4 Å². The Labute approximate surface area is 168 Å². The maximum Gasteiger partial charge on any atom is 0.279 e. The summed E-state index contributed by atoms with van der Waals surface area (Å²) in [7, 11) is 1.72. The summed E-state index contributed by atoms with van der Waals surface area (Å²) in [4.78, 5) is 12.8. The SMILES string of the molecule is C[NH+](CC(=O)Nc1cccc(F)c1)C/C(O)=C(\C#N)c1nnc2n1CCCCC2. The van der Waals surface area contributed by atoms with Crippen LogP contribution in [0.3, 0.4) is 0 Å². The third-order valence-electron chi connectivity index (χ3n) is 4.77. The van der Waals surface area contributed by atoms with Gasteiger partial charge in [-0.3, -0.25) is 4.79 Å². The summed E-state index contributed by atoms with van der Waals surface area (Å²) in [5.74, 6) is 0.307. The van der Waals surface area contributed by atoms with Crippen LogP contribution in [-0.2, 0) is 17.8 Å². The van der Waals surface area contributed by atoms with Crippen molar-refractivity contribution in [3.8, 4) is 6.07 Å². The van der Waals surface area contributed by atoms with Gasteiger partial charge in [-0.1, -0.05) is 12.5 Å². The molecule has 9 heteroatoms. The fourth-order valence-electron chi connectivity index (χ4n) is 3.40. The lowest BCUT2D eigenvalue weighted by Crippen LogP contribution is -3.10. The number of aromatic nitrogens is 3. The molecule has 0 saturated carbocycles. The van der Waals surface area contributed by atoms with Crippen LogP contribution in [0.1, 0.15) is 30.9 Å². The quantitative estimate of drug-likeness (QED) is 0.498. The normalized spacial score (nSPS) is 15.5. The number of quaternary nitrogens is 1. The predicted molar refractivity (Wildman–Crippen MR) is 104 cm³/mol. The Morgan fingerprint density at radius 3 is 2.93 bits per heavy atom. The molecule has 29 heavy (non-hydrogen) atoms. The van der Waals surface area contributed by atoms with Crippen molar-refractivity contribution in [3.63, 3.8) is 0 Å². The predicted octanol–water partition coefficient (Wildman–Crippen LogP) is 1.09. The van der Waals surface area contributed by atoms with E-state index in [0.717, 1.165) is 38.1 Å². The Balaban J connectivity index is 1.67. The third kappa shape index (κ3) is 5.18. The smallest absolute Gasteiger partial charge is 0.279 e.